The standard InChI is InChI=1S/C17H24N4O3S/c1-11(2)9-21-16(19-20-17(21)25-10-15(18)22)12(3)24-14-7-5-6-13(8-14)23-4/h5-8,11-12H,9-10H2,1-4H3,(H2,18,22). The normalized spacial score (nSPS) is 12.2. The Bertz CT molecular complexity index is 718. The Labute approximate surface area is 151 Å². The molecule has 0 saturated carbocycles. The van der Waals surface area contributed by atoms with Crippen molar-refractivity contribution >= 4 is 17.7 Å². The second-order valence-electron chi connectivity index (χ2n) is 6.04. The second-order valence-corrected chi connectivity index (χ2v) is 6.98. The van der Waals surface area contributed by atoms with Crippen molar-refractivity contribution < 1.29 is 14.3 Å². The highest BCUT2D eigenvalue weighted by Gasteiger charge is 2.20. The van der Waals surface area contributed by atoms with E-state index in [-0.39, 0.29) is 17.8 Å². The molecule has 0 spiro atoms. The molecule has 0 aliphatic carbocycles. The van der Waals surface area contributed by atoms with E-state index in [2.05, 4.69) is 24.0 Å². The summed E-state index contributed by atoms with van der Waals surface area (Å²) in [5.74, 6) is 2.31. The summed E-state index contributed by atoms with van der Waals surface area (Å²) in [6.07, 6.45) is -0.304. The Kier molecular flexibility index (Phi) is 6.69. The van der Waals surface area contributed by atoms with E-state index in [0.717, 1.165) is 12.3 Å². The lowest BCUT2D eigenvalue weighted by Gasteiger charge is -2.18. The Balaban J connectivity index is 2.21. The third-order valence-corrected chi connectivity index (χ3v) is 4.34. The van der Waals surface area contributed by atoms with Crippen molar-refractivity contribution in [2.24, 2.45) is 11.7 Å². The minimum absolute atomic E-state index is 0.168. The molecule has 0 aliphatic heterocycles. The molecule has 8 heteroatoms. The van der Waals surface area contributed by atoms with Crippen LogP contribution in [0, 0.1) is 5.92 Å². The highest BCUT2D eigenvalue weighted by atomic mass is 32.2. The largest absolute Gasteiger partial charge is 0.497 e. The second kappa shape index (κ2) is 8.75. The van der Waals surface area contributed by atoms with E-state index in [0.29, 0.717) is 22.6 Å². The van der Waals surface area contributed by atoms with Crippen LogP contribution in [0.4, 0.5) is 0 Å². The fourth-order valence-electron chi connectivity index (χ4n) is 2.31. The number of nitrogens with two attached hydrogens (primary N) is 1. The Morgan fingerprint density at radius 2 is 2.00 bits per heavy atom. The number of primary amides is 1. The van der Waals surface area contributed by atoms with Gasteiger partial charge in [0.1, 0.15) is 11.5 Å². The van der Waals surface area contributed by atoms with Crippen LogP contribution in [0.2, 0.25) is 0 Å². The molecule has 2 aromatic rings. The summed E-state index contributed by atoms with van der Waals surface area (Å²) in [4.78, 5) is 11.1. The van der Waals surface area contributed by atoms with Crippen LogP contribution in [0.1, 0.15) is 32.7 Å². The lowest BCUT2D eigenvalue weighted by Crippen LogP contribution is -2.17. The van der Waals surface area contributed by atoms with Gasteiger partial charge in [-0.1, -0.05) is 31.7 Å². The monoisotopic (exact) mass is 364 g/mol. The Hall–Kier alpha value is -2.22. The number of amides is 1. The van der Waals surface area contributed by atoms with E-state index in [1.807, 2.05) is 35.8 Å². The van der Waals surface area contributed by atoms with Crippen molar-refractivity contribution in [2.75, 3.05) is 12.9 Å². The molecule has 0 aliphatic rings. The van der Waals surface area contributed by atoms with E-state index in [9.17, 15) is 4.79 Å². The molecule has 2 rings (SSSR count). The number of rotatable bonds is 9. The van der Waals surface area contributed by atoms with Crippen molar-refractivity contribution in [2.45, 2.75) is 38.6 Å². The van der Waals surface area contributed by atoms with Crippen molar-refractivity contribution in [1.82, 2.24) is 14.8 Å². The lowest BCUT2D eigenvalue weighted by atomic mass is 10.2. The van der Waals surface area contributed by atoms with Gasteiger partial charge in [-0.15, -0.1) is 10.2 Å². The number of benzene rings is 1. The number of carbonyl (C=O) groups is 1. The average molecular weight is 364 g/mol. The highest BCUT2D eigenvalue weighted by Crippen LogP contribution is 2.27. The maximum absolute atomic E-state index is 11.1. The predicted octanol–water partition coefficient (Wildman–Crippen LogP) is 2.66. The van der Waals surface area contributed by atoms with Crippen LogP contribution >= 0.6 is 11.8 Å². The summed E-state index contributed by atoms with van der Waals surface area (Å²) in [7, 11) is 1.62. The first-order valence-corrected chi connectivity index (χ1v) is 9.04. The SMILES string of the molecule is COc1cccc(OC(C)c2nnc(SCC(N)=O)n2CC(C)C)c1. The highest BCUT2D eigenvalue weighted by molar-refractivity contribution is 7.99. The fraction of sp³-hybridized carbons (Fsp3) is 0.471. The maximum atomic E-state index is 11.1. The zero-order chi connectivity index (χ0) is 18.4. The van der Waals surface area contributed by atoms with Gasteiger partial charge in [0.05, 0.1) is 12.9 Å². The number of thioether (sulfide) groups is 1. The Morgan fingerprint density at radius 1 is 1.28 bits per heavy atom. The topological polar surface area (TPSA) is 92.3 Å². The molecule has 1 aromatic carbocycles. The van der Waals surface area contributed by atoms with Gasteiger partial charge in [-0.3, -0.25) is 4.79 Å². The third-order valence-electron chi connectivity index (χ3n) is 3.35. The molecule has 1 unspecified atom stereocenters. The van der Waals surface area contributed by atoms with Gasteiger partial charge in [0.25, 0.3) is 0 Å². The van der Waals surface area contributed by atoms with E-state index in [4.69, 9.17) is 15.2 Å². The average Bonchev–Trinajstić information content (AvgIpc) is 2.95. The van der Waals surface area contributed by atoms with Crippen LogP contribution in [-0.2, 0) is 11.3 Å². The molecular formula is C17H24N4O3S. The molecule has 0 radical (unpaired) electrons. The molecule has 1 heterocycles. The molecule has 136 valence electrons. The van der Waals surface area contributed by atoms with Crippen LogP contribution in [-0.4, -0.2) is 33.5 Å². The first-order chi connectivity index (χ1) is 11.9. The number of ether oxygens (including phenoxy) is 2. The minimum Gasteiger partial charge on any atom is -0.497 e. The van der Waals surface area contributed by atoms with E-state index < -0.39 is 0 Å². The summed E-state index contributed by atoms with van der Waals surface area (Å²) in [6, 6.07) is 7.42. The van der Waals surface area contributed by atoms with Crippen molar-refractivity contribution in [3.05, 3.63) is 30.1 Å². The van der Waals surface area contributed by atoms with E-state index in [1.54, 1.807) is 7.11 Å². The van der Waals surface area contributed by atoms with Gasteiger partial charge in [-0.05, 0) is 25.0 Å². The van der Waals surface area contributed by atoms with E-state index >= 15 is 0 Å². The van der Waals surface area contributed by atoms with E-state index in [1.165, 1.54) is 11.8 Å². The maximum Gasteiger partial charge on any atom is 0.227 e. The molecule has 0 fully saturated rings. The van der Waals surface area contributed by atoms with Crippen LogP contribution < -0.4 is 15.2 Å². The number of nitrogens with zero attached hydrogens (tertiary/aromatic N) is 3. The molecule has 0 saturated heterocycles. The molecule has 1 amide bonds. The lowest BCUT2D eigenvalue weighted by molar-refractivity contribution is -0.115. The first-order valence-electron chi connectivity index (χ1n) is 8.05. The first kappa shape index (κ1) is 19.1. The molecule has 1 atom stereocenters. The smallest absolute Gasteiger partial charge is 0.227 e. The van der Waals surface area contributed by atoms with Gasteiger partial charge in [0.2, 0.25) is 5.91 Å². The number of hydrogen-bond acceptors (Lipinski definition) is 6. The van der Waals surface area contributed by atoms with Gasteiger partial charge in [0, 0.05) is 12.6 Å². The summed E-state index contributed by atoms with van der Waals surface area (Å²) in [5, 5.41) is 9.14. The number of carbonyl (C=O) groups excluding carboxylic acids is 1. The van der Waals surface area contributed by atoms with Crippen LogP contribution in [0.5, 0.6) is 11.5 Å². The zero-order valence-corrected chi connectivity index (χ0v) is 15.7. The fourth-order valence-corrected chi connectivity index (χ4v) is 3.01. The summed E-state index contributed by atoms with van der Waals surface area (Å²) < 4.78 is 13.2. The molecule has 2 N–H and O–H groups in total. The van der Waals surface area contributed by atoms with Crippen LogP contribution in [0.25, 0.3) is 0 Å². The van der Waals surface area contributed by atoms with Gasteiger partial charge >= 0.3 is 0 Å². The molecule has 0 bridgehead atoms. The number of methoxy groups -OCH3 is 1. The quantitative estimate of drug-likeness (QED) is 0.688. The molecule has 25 heavy (non-hydrogen) atoms. The summed E-state index contributed by atoms with van der Waals surface area (Å²) in [5.41, 5.74) is 5.23. The number of hydrogen-bond donors (Lipinski definition) is 1. The summed E-state index contributed by atoms with van der Waals surface area (Å²) >= 11 is 1.29. The summed E-state index contributed by atoms with van der Waals surface area (Å²) in [6.45, 7) is 6.87. The zero-order valence-electron chi connectivity index (χ0n) is 14.9. The van der Waals surface area contributed by atoms with Crippen molar-refractivity contribution in [3.63, 3.8) is 0 Å². The van der Waals surface area contributed by atoms with Gasteiger partial charge < -0.3 is 19.8 Å². The molecule has 7 nitrogen and oxygen atoms in total. The van der Waals surface area contributed by atoms with Crippen molar-refractivity contribution in [3.8, 4) is 11.5 Å². The van der Waals surface area contributed by atoms with Crippen molar-refractivity contribution in [1.29, 1.82) is 0 Å². The van der Waals surface area contributed by atoms with Gasteiger partial charge in [0.15, 0.2) is 17.1 Å². The number of aromatic nitrogens is 3. The van der Waals surface area contributed by atoms with Gasteiger partial charge in [-0.25, -0.2) is 0 Å². The molecular weight excluding hydrogens is 340 g/mol. The van der Waals surface area contributed by atoms with Crippen LogP contribution in [0.3, 0.4) is 0 Å². The Morgan fingerprint density at radius 3 is 2.64 bits per heavy atom. The third kappa shape index (κ3) is 5.38. The van der Waals surface area contributed by atoms with Gasteiger partial charge in [-0.2, -0.15) is 0 Å². The minimum atomic E-state index is -0.383. The van der Waals surface area contributed by atoms with Crippen LogP contribution in [0.15, 0.2) is 29.4 Å². The predicted molar refractivity (Wildman–Crippen MR) is 96.8 cm³/mol. The molecule has 1 aromatic heterocycles.